The van der Waals surface area contributed by atoms with Crippen LogP contribution >= 0.6 is 11.6 Å². The van der Waals surface area contributed by atoms with Gasteiger partial charge in [-0.2, -0.15) is 24.8 Å². The number of fused-ring (bicyclic) bond motifs is 1. The molecule has 32 heavy (non-hydrogen) atoms. The lowest BCUT2D eigenvalue weighted by Crippen LogP contribution is -2.24. The second-order valence-electron chi connectivity index (χ2n) is 7.30. The van der Waals surface area contributed by atoms with Crippen LogP contribution in [0.1, 0.15) is 29.7 Å². The number of aromatic hydroxyl groups is 1. The summed E-state index contributed by atoms with van der Waals surface area (Å²) in [6.07, 6.45) is 5.11. The van der Waals surface area contributed by atoms with Gasteiger partial charge in [-0.3, -0.25) is 4.98 Å². The molecule has 4 aromatic rings. The number of aromatic nitrogens is 6. The molecule has 12 heteroatoms. The lowest BCUT2D eigenvalue weighted by Gasteiger charge is -2.07. The van der Waals surface area contributed by atoms with E-state index >= 15 is 0 Å². The van der Waals surface area contributed by atoms with E-state index in [2.05, 4.69) is 41.4 Å². The Balaban J connectivity index is 1.57. The molecule has 0 saturated heterocycles. The van der Waals surface area contributed by atoms with E-state index in [1.54, 1.807) is 30.5 Å². The van der Waals surface area contributed by atoms with Crippen LogP contribution in [0.5, 0.6) is 5.88 Å². The minimum Gasteiger partial charge on any atom is -0.493 e. The number of H-pyrrole nitrogens is 2. The molecule has 0 unspecified atom stereocenters. The van der Waals surface area contributed by atoms with E-state index in [9.17, 15) is 9.90 Å². The summed E-state index contributed by atoms with van der Waals surface area (Å²) in [5.41, 5.74) is 1.80. The van der Waals surface area contributed by atoms with Gasteiger partial charge in [0.15, 0.2) is 5.65 Å². The van der Waals surface area contributed by atoms with Crippen LogP contribution in [-0.4, -0.2) is 40.7 Å². The van der Waals surface area contributed by atoms with Crippen molar-refractivity contribution in [2.24, 2.45) is 4.99 Å². The lowest BCUT2D eigenvalue weighted by molar-refractivity contribution is 0.454. The first-order valence-electron chi connectivity index (χ1n) is 9.75. The zero-order valence-electron chi connectivity index (χ0n) is 16.5. The molecule has 0 bridgehead atoms. The van der Waals surface area contributed by atoms with Crippen LogP contribution in [0.4, 0.5) is 5.95 Å². The zero-order valence-corrected chi connectivity index (χ0v) is 17.3. The molecule has 0 amide bonds. The summed E-state index contributed by atoms with van der Waals surface area (Å²) >= 11 is 6.27. The van der Waals surface area contributed by atoms with Crippen LogP contribution in [0.25, 0.3) is 11.7 Å². The van der Waals surface area contributed by atoms with Gasteiger partial charge in [-0.05, 0) is 36.6 Å². The highest BCUT2D eigenvalue weighted by Crippen LogP contribution is 2.22. The van der Waals surface area contributed by atoms with Gasteiger partial charge >= 0.3 is 5.69 Å². The molecule has 0 atom stereocenters. The maximum atomic E-state index is 11.4. The van der Waals surface area contributed by atoms with Crippen molar-refractivity contribution in [3.05, 3.63) is 67.6 Å². The maximum absolute atomic E-state index is 11.4. The predicted molar refractivity (Wildman–Crippen MR) is 115 cm³/mol. The summed E-state index contributed by atoms with van der Waals surface area (Å²) < 4.78 is 1.52. The topological polar surface area (TPSA) is 160 Å². The molecule has 0 radical (unpaired) electrons. The molecule has 1 saturated carbocycles. The minimum atomic E-state index is -0.522. The molecule has 1 aliphatic carbocycles. The Morgan fingerprint density at radius 1 is 1.38 bits per heavy atom. The molecule has 4 N–H and O–H groups in total. The van der Waals surface area contributed by atoms with Crippen molar-refractivity contribution in [1.29, 1.82) is 5.26 Å². The molecule has 1 fully saturated rings. The predicted octanol–water partition coefficient (Wildman–Crippen LogP) is 0.594. The van der Waals surface area contributed by atoms with E-state index in [0.29, 0.717) is 39.6 Å². The van der Waals surface area contributed by atoms with E-state index < -0.39 is 5.69 Å². The van der Waals surface area contributed by atoms with Crippen LogP contribution in [0.15, 0.2) is 34.2 Å². The van der Waals surface area contributed by atoms with E-state index in [1.165, 1.54) is 4.52 Å². The maximum Gasteiger partial charge on any atom is 0.326 e. The second kappa shape index (κ2) is 7.82. The summed E-state index contributed by atoms with van der Waals surface area (Å²) in [4.78, 5) is 29.9. The number of hydrogen-bond acceptors (Lipinski definition) is 8. The molecule has 11 nitrogen and oxygen atoms in total. The monoisotopic (exact) mass is 449 g/mol. The highest BCUT2D eigenvalue weighted by molar-refractivity contribution is 6.31. The van der Waals surface area contributed by atoms with Crippen molar-refractivity contribution < 1.29 is 5.11 Å². The van der Waals surface area contributed by atoms with Crippen molar-refractivity contribution in [3.63, 3.8) is 0 Å². The summed E-state index contributed by atoms with van der Waals surface area (Å²) in [5, 5.41) is 27.4. The Kier molecular flexibility index (Phi) is 4.84. The van der Waals surface area contributed by atoms with Gasteiger partial charge in [-0.15, -0.1) is 0 Å². The van der Waals surface area contributed by atoms with Gasteiger partial charge < -0.3 is 15.4 Å². The van der Waals surface area contributed by atoms with E-state index in [0.717, 1.165) is 18.4 Å². The third kappa shape index (κ3) is 3.91. The van der Waals surface area contributed by atoms with Gasteiger partial charge in [0.05, 0.1) is 23.9 Å². The summed E-state index contributed by atoms with van der Waals surface area (Å²) in [6, 6.07) is 7.32. The Bertz CT molecular complexity index is 1560. The van der Waals surface area contributed by atoms with Gasteiger partial charge in [0.25, 0.3) is 5.62 Å². The number of nitrogens with zero attached hydrogens (tertiary/aromatic N) is 6. The highest BCUT2D eigenvalue weighted by Gasteiger charge is 2.21. The summed E-state index contributed by atoms with van der Waals surface area (Å²) in [5.74, 6) is 0.0411. The number of nitriles is 1. The van der Waals surface area contributed by atoms with E-state index in [-0.39, 0.29) is 17.6 Å². The van der Waals surface area contributed by atoms with Crippen LogP contribution in [-0.2, 0) is 6.54 Å². The molecular weight excluding hydrogens is 434 g/mol. The molecule has 1 aromatic carbocycles. The largest absolute Gasteiger partial charge is 0.493 e. The Morgan fingerprint density at radius 3 is 2.91 bits per heavy atom. The van der Waals surface area contributed by atoms with Crippen LogP contribution in [0.3, 0.4) is 0 Å². The molecule has 0 spiro atoms. The quantitative estimate of drug-likeness (QED) is 0.347. The number of halogens is 1. The number of imidazole rings is 1. The van der Waals surface area contributed by atoms with Crippen LogP contribution < -0.4 is 21.8 Å². The molecule has 5 rings (SSSR count). The number of aromatic amines is 2. The first-order valence-corrected chi connectivity index (χ1v) is 10.1. The normalized spacial score (nSPS) is 14.8. The SMILES string of the molecule is N#Cc1ccc(CNc2nc(=NC3CC3)n3ncc(=Cc4[nH]c(=O)[nH]c4O)c3n2)c(Cl)c1. The van der Waals surface area contributed by atoms with Gasteiger partial charge in [-0.1, -0.05) is 17.7 Å². The van der Waals surface area contributed by atoms with Crippen molar-refractivity contribution in [2.45, 2.75) is 25.4 Å². The number of nitrogens with one attached hydrogen (secondary N) is 3. The van der Waals surface area contributed by atoms with E-state index in [1.807, 2.05) is 0 Å². The number of benzene rings is 1. The Hall–Kier alpha value is -4.17. The average Bonchev–Trinajstić information content (AvgIpc) is 3.41. The van der Waals surface area contributed by atoms with E-state index in [4.69, 9.17) is 16.9 Å². The molecule has 0 aliphatic heterocycles. The third-order valence-electron chi connectivity index (χ3n) is 4.88. The number of rotatable bonds is 5. The van der Waals surface area contributed by atoms with Crippen LogP contribution in [0.2, 0.25) is 5.02 Å². The van der Waals surface area contributed by atoms with Gasteiger partial charge in [0.1, 0.15) is 5.69 Å². The number of hydrogen-bond donors (Lipinski definition) is 4. The lowest BCUT2D eigenvalue weighted by atomic mass is 10.1. The van der Waals surface area contributed by atoms with Gasteiger partial charge in [-0.25, -0.2) is 9.79 Å². The van der Waals surface area contributed by atoms with Crippen molar-refractivity contribution in [2.75, 3.05) is 5.32 Å². The van der Waals surface area contributed by atoms with Crippen molar-refractivity contribution in [1.82, 2.24) is 29.5 Å². The first kappa shape index (κ1) is 19.8. The highest BCUT2D eigenvalue weighted by atomic mass is 35.5. The summed E-state index contributed by atoms with van der Waals surface area (Å²) in [7, 11) is 0. The molecule has 1 aliphatic rings. The third-order valence-corrected chi connectivity index (χ3v) is 5.23. The fourth-order valence-electron chi connectivity index (χ4n) is 3.09. The van der Waals surface area contributed by atoms with Crippen molar-refractivity contribution in [3.8, 4) is 11.9 Å². The minimum absolute atomic E-state index is 0.204. The Labute approximate surface area is 184 Å². The first-order chi connectivity index (χ1) is 15.5. The average molecular weight is 450 g/mol. The Morgan fingerprint density at radius 2 is 2.22 bits per heavy atom. The second-order valence-corrected chi connectivity index (χ2v) is 7.71. The molecule has 160 valence electrons. The molecule has 3 aromatic heterocycles. The summed E-state index contributed by atoms with van der Waals surface area (Å²) in [6.45, 7) is 0.336. The standard InChI is InChI=1S/C20H16ClN9O2/c21-14-5-10(7-22)1-2-11(14)8-23-18-27-16-12(6-15-17(31)28-20(32)26-15)9-24-30(16)19(29-18)25-13-3-4-13/h1-2,5-6,9,13,31H,3-4,8H2,(H,23,25,29)(H2,26,28,32). The van der Waals surface area contributed by atoms with Crippen LogP contribution in [0, 0.1) is 11.3 Å². The fourth-order valence-corrected chi connectivity index (χ4v) is 3.34. The smallest absolute Gasteiger partial charge is 0.326 e. The molecular formula is C20H16ClN9O2. The molecule has 3 heterocycles. The van der Waals surface area contributed by atoms with Crippen molar-refractivity contribution >= 4 is 29.3 Å². The fraction of sp³-hybridized carbons (Fsp3) is 0.200. The number of anilines is 1. The zero-order chi connectivity index (χ0) is 22.2. The van der Waals surface area contributed by atoms with Gasteiger partial charge in [0, 0.05) is 16.8 Å². The van der Waals surface area contributed by atoms with Gasteiger partial charge in [0.2, 0.25) is 11.8 Å².